The summed E-state index contributed by atoms with van der Waals surface area (Å²) in [7, 11) is 1.66. The SMILES string of the molecule is COc1ccccc1N1CCN(CC(=O)N2CCNC(=O)[C@H]2CC(=O)Nc2ccc(C(C)=O)cc2)CC1. The number of hydrogen-bond donors (Lipinski definition) is 2. The van der Waals surface area contributed by atoms with Gasteiger partial charge in [0.2, 0.25) is 17.7 Å². The van der Waals surface area contributed by atoms with Crippen molar-refractivity contribution in [2.24, 2.45) is 0 Å². The second kappa shape index (κ2) is 11.9. The zero-order chi connectivity index (χ0) is 26.4. The summed E-state index contributed by atoms with van der Waals surface area (Å²) in [6.07, 6.45) is -0.145. The zero-order valence-corrected chi connectivity index (χ0v) is 21.2. The van der Waals surface area contributed by atoms with Gasteiger partial charge in [-0.05, 0) is 43.3 Å². The summed E-state index contributed by atoms with van der Waals surface area (Å²) < 4.78 is 5.47. The molecule has 0 saturated carbocycles. The van der Waals surface area contributed by atoms with Crippen molar-refractivity contribution in [2.75, 3.05) is 63.1 Å². The standard InChI is InChI=1S/C27H33N5O5/c1-19(33)20-7-9-21(10-8-20)29-25(34)17-23-27(36)28-11-12-32(23)26(35)18-30-13-15-31(16-14-30)22-5-3-4-6-24(22)37-2/h3-10,23H,11-18H2,1-2H3,(H,28,36)(H,29,34)/t23-/m1/s1. The van der Waals surface area contributed by atoms with Crippen LogP contribution >= 0.6 is 0 Å². The first-order valence-corrected chi connectivity index (χ1v) is 12.4. The van der Waals surface area contributed by atoms with Crippen molar-refractivity contribution >= 4 is 34.9 Å². The fourth-order valence-electron chi connectivity index (χ4n) is 4.71. The van der Waals surface area contributed by atoms with Crippen LogP contribution in [-0.2, 0) is 14.4 Å². The smallest absolute Gasteiger partial charge is 0.243 e. The molecule has 0 unspecified atom stereocenters. The van der Waals surface area contributed by atoms with Crippen LogP contribution < -0.4 is 20.3 Å². The second-order valence-corrected chi connectivity index (χ2v) is 9.21. The van der Waals surface area contributed by atoms with Crippen molar-refractivity contribution in [1.82, 2.24) is 15.1 Å². The first-order valence-electron chi connectivity index (χ1n) is 12.4. The van der Waals surface area contributed by atoms with E-state index in [2.05, 4.69) is 20.4 Å². The summed E-state index contributed by atoms with van der Waals surface area (Å²) in [5.74, 6) is -0.109. The van der Waals surface area contributed by atoms with E-state index in [4.69, 9.17) is 4.74 Å². The molecule has 0 spiro atoms. The molecule has 0 aromatic heterocycles. The van der Waals surface area contributed by atoms with Gasteiger partial charge >= 0.3 is 0 Å². The fourth-order valence-corrected chi connectivity index (χ4v) is 4.71. The Morgan fingerprint density at radius 3 is 2.38 bits per heavy atom. The van der Waals surface area contributed by atoms with Crippen molar-refractivity contribution in [3.05, 3.63) is 54.1 Å². The monoisotopic (exact) mass is 507 g/mol. The molecule has 2 N–H and O–H groups in total. The molecule has 10 nitrogen and oxygen atoms in total. The van der Waals surface area contributed by atoms with Crippen LogP contribution in [0, 0.1) is 0 Å². The summed E-state index contributed by atoms with van der Waals surface area (Å²) in [4.78, 5) is 55.8. The fraction of sp³-hybridized carbons (Fsp3) is 0.407. The Labute approximate surface area is 216 Å². The van der Waals surface area contributed by atoms with Crippen LogP contribution in [-0.4, -0.2) is 92.3 Å². The van der Waals surface area contributed by atoms with Crippen molar-refractivity contribution in [3.8, 4) is 5.75 Å². The largest absolute Gasteiger partial charge is 0.495 e. The van der Waals surface area contributed by atoms with E-state index in [-0.39, 0.29) is 36.5 Å². The topological polar surface area (TPSA) is 111 Å². The van der Waals surface area contributed by atoms with Gasteiger partial charge in [0, 0.05) is 50.5 Å². The van der Waals surface area contributed by atoms with Crippen LogP contribution in [0.3, 0.4) is 0 Å². The Morgan fingerprint density at radius 1 is 1.00 bits per heavy atom. The van der Waals surface area contributed by atoms with Crippen molar-refractivity contribution in [2.45, 2.75) is 19.4 Å². The third-order valence-corrected chi connectivity index (χ3v) is 6.76. The summed E-state index contributed by atoms with van der Waals surface area (Å²) in [5, 5.41) is 5.51. The van der Waals surface area contributed by atoms with Crippen LogP contribution in [0.2, 0.25) is 0 Å². The molecule has 0 bridgehead atoms. The van der Waals surface area contributed by atoms with Crippen molar-refractivity contribution in [3.63, 3.8) is 0 Å². The molecular formula is C27H33N5O5. The first kappa shape index (κ1) is 26.2. The number of carbonyl (C=O) groups is 4. The summed E-state index contributed by atoms with van der Waals surface area (Å²) >= 11 is 0. The zero-order valence-electron chi connectivity index (χ0n) is 21.2. The second-order valence-electron chi connectivity index (χ2n) is 9.21. The van der Waals surface area contributed by atoms with Gasteiger partial charge in [0.05, 0.1) is 25.8 Å². The highest BCUT2D eigenvalue weighted by Crippen LogP contribution is 2.28. The van der Waals surface area contributed by atoms with E-state index in [9.17, 15) is 19.2 Å². The summed E-state index contributed by atoms with van der Waals surface area (Å²) in [6.45, 7) is 5.29. The van der Waals surface area contributed by atoms with E-state index in [1.807, 2.05) is 24.3 Å². The van der Waals surface area contributed by atoms with Gasteiger partial charge in [-0.1, -0.05) is 12.1 Å². The van der Waals surface area contributed by atoms with Gasteiger partial charge in [-0.3, -0.25) is 24.1 Å². The highest BCUT2D eigenvalue weighted by molar-refractivity contribution is 5.98. The number of ether oxygens (including phenoxy) is 1. The molecule has 2 aromatic carbocycles. The minimum Gasteiger partial charge on any atom is -0.495 e. The number of nitrogens with one attached hydrogen (secondary N) is 2. The van der Waals surface area contributed by atoms with Crippen molar-refractivity contribution < 1.29 is 23.9 Å². The predicted octanol–water partition coefficient (Wildman–Crippen LogP) is 1.38. The quantitative estimate of drug-likeness (QED) is 0.519. The Kier molecular flexibility index (Phi) is 8.39. The number of carbonyl (C=O) groups excluding carboxylic acids is 4. The van der Waals surface area contributed by atoms with Crippen LogP contribution in [0.1, 0.15) is 23.7 Å². The molecule has 2 aliphatic rings. The van der Waals surface area contributed by atoms with Gasteiger partial charge in [-0.2, -0.15) is 0 Å². The Hall–Kier alpha value is -3.92. The number of piperazine rings is 2. The number of ketones is 1. The Bertz CT molecular complexity index is 1140. The lowest BCUT2D eigenvalue weighted by atomic mass is 10.1. The average Bonchev–Trinajstić information content (AvgIpc) is 2.90. The predicted molar refractivity (Wildman–Crippen MR) is 140 cm³/mol. The number of Topliss-reactive ketones (excluding diaryl/α,β-unsaturated/α-hetero) is 1. The third kappa shape index (κ3) is 6.45. The van der Waals surface area contributed by atoms with E-state index in [1.54, 1.807) is 31.4 Å². The normalized spacial score (nSPS) is 18.2. The number of benzene rings is 2. The molecule has 0 aliphatic carbocycles. The van der Waals surface area contributed by atoms with Gasteiger partial charge in [0.1, 0.15) is 11.8 Å². The molecule has 1 atom stereocenters. The number of para-hydroxylation sites is 2. The molecule has 2 saturated heterocycles. The molecule has 3 amide bonds. The number of rotatable bonds is 8. The van der Waals surface area contributed by atoms with E-state index < -0.39 is 6.04 Å². The minimum atomic E-state index is -0.868. The van der Waals surface area contributed by atoms with Gasteiger partial charge in [-0.15, -0.1) is 0 Å². The molecular weight excluding hydrogens is 474 g/mol. The first-order chi connectivity index (χ1) is 17.9. The van der Waals surface area contributed by atoms with Crippen LogP contribution in [0.15, 0.2) is 48.5 Å². The van der Waals surface area contributed by atoms with E-state index >= 15 is 0 Å². The van der Waals surface area contributed by atoms with Gasteiger partial charge in [-0.25, -0.2) is 0 Å². The maximum atomic E-state index is 13.2. The molecule has 196 valence electrons. The number of hydrogen-bond acceptors (Lipinski definition) is 7. The van der Waals surface area contributed by atoms with Gasteiger partial charge in [0.25, 0.3) is 0 Å². The average molecular weight is 508 g/mol. The molecule has 10 heteroatoms. The Balaban J connectivity index is 1.32. The molecule has 4 rings (SSSR count). The number of anilines is 2. The third-order valence-electron chi connectivity index (χ3n) is 6.76. The molecule has 0 radical (unpaired) electrons. The molecule has 37 heavy (non-hydrogen) atoms. The summed E-state index contributed by atoms with van der Waals surface area (Å²) in [5.41, 5.74) is 2.10. The van der Waals surface area contributed by atoms with Crippen molar-refractivity contribution in [1.29, 1.82) is 0 Å². The lowest BCUT2D eigenvalue weighted by molar-refractivity contribution is -0.145. The van der Waals surface area contributed by atoms with E-state index in [1.165, 1.54) is 11.8 Å². The lowest BCUT2D eigenvalue weighted by Gasteiger charge is -2.39. The molecule has 2 fully saturated rings. The highest BCUT2D eigenvalue weighted by Gasteiger charge is 2.35. The number of nitrogens with zero attached hydrogens (tertiary/aromatic N) is 3. The van der Waals surface area contributed by atoms with Crippen LogP contribution in [0.4, 0.5) is 11.4 Å². The number of amides is 3. The molecule has 2 aromatic rings. The van der Waals surface area contributed by atoms with Crippen LogP contribution in [0.25, 0.3) is 0 Å². The molecule has 2 heterocycles. The molecule has 2 aliphatic heterocycles. The van der Waals surface area contributed by atoms with Gasteiger partial charge < -0.3 is 25.2 Å². The lowest BCUT2D eigenvalue weighted by Crippen LogP contribution is -2.60. The van der Waals surface area contributed by atoms with Crippen LogP contribution in [0.5, 0.6) is 5.75 Å². The summed E-state index contributed by atoms with van der Waals surface area (Å²) in [6, 6.07) is 13.6. The van der Waals surface area contributed by atoms with Gasteiger partial charge in [0.15, 0.2) is 5.78 Å². The highest BCUT2D eigenvalue weighted by atomic mass is 16.5. The van der Waals surface area contributed by atoms with E-state index in [0.29, 0.717) is 37.4 Å². The minimum absolute atomic E-state index is 0.0629. The number of methoxy groups -OCH3 is 1. The maximum Gasteiger partial charge on any atom is 0.243 e. The Morgan fingerprint density at radius 2 is 1.70 bits per heavy atom. The van der Waals surface area contributed by atoms with E-state index in [0.717, 1.165) is 24.5 Å². The maximum absolute atomic E-state index is 13.2.